The van der Waals surface area contributed by atoms with Crippen molar-refractivity contribution in [1.29, 1.82) is 0 Å². The average Bonchev–Trinajstić information content (AvgIpc) is 3.26. The molecule has 0 radical (unpaired) electrons. The van der Waals surface area contributed by atoms with Crippen LogP contribution in [0.5, 0.6) is 0 Å². The predicted octanol–water partition coefficient (Wildman–Crippen LogP) is 3.64. The zero-order chi connectivity index (χ0) is 16.4. The molecule has 1 aromatic heterocycles. The smallest absolute Gasteiger partial charge is 0.269 e. The molecule has 1 aliphatic rings. The molecule has 1 heterocycles. The van der Waals surface area contributed by atoms with Crippen LogP contribution in [0.1, 0.15) is 34.6 Å². The van der Waals surface area contributed by atoms with Crippen molar-refractivity contribution in [3.05, 3.63) is 57.8 Å². The average molecular weight is 376 g/mol. The molecule has 23 heavy (non-hydrogen) atoms. The van der Waals surface area contributed by atoms with Gasteiger partial charge in [-0.05, 0) is 42.7 Å². The van der Waals surface area contributed by atoms with E-state index in [-0.39, 0.29) is 5.91 Å². The number of carbonyl (C=O) groups is 1. The summed E-state index contributed by atoms with van der Waals surface area (Å²) in [5.41, 5.74) is 3.06. The molecule has 4 nitrogen and oxygen atoms in total. The van der Waals surface area contributed by atoms with Gasteiger partial charge in [-0.2, -0.15) is 0 Å². The van der Waals surface area contributed by atoms with E-state index in [1.54, 1.807) is 19.0 Å². The van der Waals surface area contributed by atoms with Crippen LogP contribution in [0.25, 0.3) is 0 Å². The fourth-order valence-electron chi connectivity index (χ4n) is 2.74. The maximum atomic E-state index is 12.0. The van der Waals surface area contributed by atoms with E-state index in [0.717, 1.165) is 23.3 Å². The van der Waals surface area contributed by atoms with Crippen molar-refractivity contribution >= 4 is 21.8 Å². The standard InChI is InChI=1S/C18H22BrN3O/c1-21(2)18(23)17-9-6-15(20-17)12-22(16-7-8-16)11-13-4-3-5-14(19)10-13/h3-6,9-10,16,20H,7-8,11-12H2,1-2H3. The Kier molecular flexibility index (Phi) is 4.87. The largest absolute Gasteiger partial charge is 0.353 e. The normalized spacial score (nSPS) is 14.3. The van der Waals surface area contributed by atoms with Gasteiger partial charge in [-0.25, -0.2) is 0 Å². The highest BCUT2D eigenvalue weighted by Crippen LogP contribution is 2.30. The van der Waals surface area contributed by atoms with E-state index in [2.05, 4.69) is 50.1 Å². The van der Waals surface area contributed by atoms with Crippen LogP contribution in [0.2, 0.25) is 0 Å². The summed E-state index contributed by atoms with van der Waals surface area (Å²) in [6.45, 7) is 1.78. The molecule has 1 aliphatic carbocycles. The predicted molar refractivity (Wildman–Crippen MR) is 95.2 cm³/mol. The molecular formula is C18H22BrN3O. The number of benzene rings is 1. The number of nitrogens with one attached hydrogen (secondary N) is 1. The molecule has 0 aliphatic heterocycles. The van der Waals surface area contributed by atoms with Crippen LogP contribution in [0.15, 0.2) is 40.9 Å². The molecule has 0 saturated heterocycles. The minimum Gasteiger partial charge on any atom is -0.353 e. The summed E-state index contributed by atoms with van der Waals surface area (Å²) in [5, 5.41) is 0. The van der Waals surface area contributed by atoms with Crippen molar-refractivity contribution in [2.24, 2.45) is 0 Å². The number of hydrogen-bond donors (Lipinski definition) is 1. The van der Waals surface area contributed by atoms with Gasteiger partial charge < -0.3 is 9.88 Å². The molecule has 1 aromatic carbocycles. The summed E-state index contributed by atoms with van der Waals surface area (Å²) in [6.07, 6.45) is 2.52. The summed E-state index contributed by atoms with van der Waals surface area (Å²) >= 11 is 3.54. The lowest BCUT2D eigenvalue weighted by molar-refractivity contribution is 0.0822. The summed E-state index contributed by atoms with van der Waals surface area (Å²) in [6, 6.07) is 13.0. The lowest BCUT2D eigenvalue weighted by Gasteiger charge is -2.21. The van der Waals surface area contributed by atoms with Crippen molar-refractivity contribution < 1.29 is 4.79 Å². The Morgan fingerprint density at radius 2 is 2.00 bits per heavy atom. The Balaban J connectivity index is 1.69. The third kappa shape index (κ3) is 4.24. The van der Waals surface area contributed by atoms with Crippen molar-refractivity contribution in [2.45, 2.75) is 32.0 Å². The van der Waals surface area contributed by atoms with Crippen LogP contribution in [-0.2, 0) is 13.1 Å². The minimum absolute atomic E-state index is 0.0150. The highest BCUT2D eigenvalue weighted by Gasteiger charge is 2.29. The second-order valence-corrected chi connectivity index (χ2v) is 7.28. The second kappa shape index (κ2) is 6.89. The number of halogens is 1. The van der Waals surface area contributed by atoms with Gasteiger partial charge in [0.05, 0.1) is 0 Å². The molecule has 3 rings (SSSR count). The summed E-state index contributed by atoms with van der Waals surface area (Å²) in [7, 11) is 3.54. The molecule has 0 spiro atoms. The first-order valence-corrected chi connectivity index (χ1v) is 8.70. The monoisotopic (exact) mass is 375 g/mol. The number of hydrogen-bond acceptors (Lipinski definition) is 2. The quantitative estimate of drug-likeness (QED) is 0.836. The van der Waals surface area contributed by atoms with Crippen LogP contribution >= 0.6 is 15.9 Å². The molecule has 1 saturated carbocycles. The van der Waals surface area contributed by atoms with E-state index in [0.29, 0.717) is 11.7 Å². The Bertz CT molecular complexity index is 691. The second-order valence-electron chi connectivity index (χ2n) is 6.36. The van der Waals surface area contributed by atoms with E-state index in [1.807, 2.05) is 12.1 Å². The Morgan fingerprint density at radius 1 is 1.22 bits per heavy atom. The Morgan fingerprint density at radius 3 is 2.65 bits per heavy atom. The van der Waals surface area contributed by atoms with E-state index in [4.69, 9.17) is 0 Å². The summed E-state index contributed by atoms with van der Waals surface area (Å²) in [4.78, 5) is 19.3. The number of nitrogens with zero attached hydrogens (tertiary/aromatic N) is 2. The molecule has 5 heteroatoms. The van der Waals surface area contributed by atoms with Gasteiger partial charge >= 0.3 is 0 Å². The first kappa shape index (κ1) is 16.3. The van der Waals surface area contributed by atoms with Crippen molar-refractivity contribution in [1.82, 2.24) is 14.8 Å². The van der Waals surface area contributed by atoms with Crippen LogP contribution in [0.3, 0.4) is 0 Å². The number of carbonyl (C=O) groups excluding carboxylic acids is 1. The number of rotatable bonds is 6. The van der Waals surface area contributed by atoms with Gasteiger partial charge in [0.25, 0.3) is 5.91 Å². The fraction of sp³-hybridized carbons (Fsp3) is 0.389. The molecule has 0 bridgehead atoms. The number of amides is 1. The molecule has 1 N–H and O–H groups in total. The van der Waals surface area contributed by atoms with Gasteiger partial charge in [-0.15, -0.1) is 0 Å². The maximum Gasteiger partial charge on any atom is 0.269 e. The van der Waals surface area contributed by atoms with Crippen molar-refractivity contribution in [2.75, 3.05) is 14.1 Å². The van der Waals surface area contributed by atoms with Crippen LogP contribution < -0.4 is 0 Å². The highest BCUT2D eigenvalue weighted by molar-refractivity contribution is 9.10. The molecule has 1 amide bonds. The summed E-state index contributed by atoms with van der Waals surface area (Å²) in [5.74, 6) is 0.0150. The summed E-state index contributed by atoms with van der Waals surface area (Å²) < 4.78 is 1.12. The van der Waals surface area contributed by atoms with Gasteiger partial charge in [-0.3, -0.25) is 9.69 Å². The topological polar surface area (TPSA) is 39.3 Å². The maximum absolute atomic E-state index is 12.0. The van der Waals surface area contributed by atoms with E-state index in [1.165, 1.54) is 18.4 Å². The Hall–Kier alpha value is -1.59. The minimum atomic E-state index is 0.0150. The highest BCUT2D eigenvalue weighted by atomic mass is 79.9. The number of aromatic amines is 1. The lowest BCUT2D eigenvalue weighted by atomic mass is 10.2. The van der Waals surface area contributed by atoms with Crippen LogP contribution in [-0.4, -0.2) is 40.8 Å². The fourth-order valence-corrected chi connectivity index (χ4v) is 3.19. The zero-order valence-electron chi connectivity index (χ0n) is 13.6. The van der Waals surface area contributed by atoms with Gasteiger partial charge in [0.2, 0.25) is 0 Å². The van der Waals surface area contributed by atoms with E-state index in [9.17, 15) is 4.79 Å². The van der Waals surface area contributed by atoms with E-state index < -0.39 is 0 Å². The number of H-pyrrole nitrogens is 1. The molecular weight excluding hydrogens is 354 g/mol. The molecule has 122 valence electrons. The first-order valence-electron chi connectivity index (χ1n) is 7.91. The molecule has 0 atom stereocenters. The van der Waals surface area contributed by atoms with Crippen molar-refractivity contribution in [3.8, 4) is 0 Å². The third-order valence-electron chi connectivity index (χ3n) is 4.09. The Labute approximate surface area is 145 Å². The van der Waals surface area contributed by atoms with Gasteiger partial charge in [0, 0.05) is 43.4 Å². The van der Waals surface area contributed by atoms with Crippen LogP contribution in [0.4, 0.5) is 0 Å². The SMILES string of the molecule is CN(C)C(=O)c1ccc(CN(Cc2cccc(Br)c2)C2CC2)[nH]1. The third-order valence-corrected chi connectivity index (χ3v) is 4.59. The molecule has 2 aromatic rings. The molecule has 1 fully saturated rings. The molecule has 0 unspecified atom stereocenters. The van der Waals surface area contributed by atoms with Gasteiger partial charge in [0.15, 0.2) is 0 Å². The van der Waals surface area contributed by atoms with E-state index >= 15 is 0 Å². The van der Waals surface area contributed by atoms with Crippen LogP contribution in [0, 0.1) is 0 Å². The lowest BCUT2D eigenvalue weighted by Crippen LogP contribution is -2.25. The van der Waals surface area contributed by atoms with Gasteiger partial charge in [0.1, 0.15) is 5.69 Å². The van der Waals surface area contributed by atoms with Gasteiger partial charge in [-0.1, -0.05) is 28.1 Å². The number of aromatic nitrogens is 1. The van der Waals surface area contributed by atoms with Crippen molar-refractivity contribution in [3.63, 3.8) is 0 Å². The zero-order valence-corrected chi connectivity index (χ0v) is 15.1. The first-order chi connectivity index (χ1) is 11.0.